The van der Waals surface area contributed by atoms with E-state index < -0.39 is 8.80 Å². The summed E-state index contributed by atoms with van der Waals surface area (Å²) in [6.45, 7) is 0. The molecule has 0 saturated carbocycles. The van der Waals surface area contributed by atoms with Crippen LogP contribution in [-0.4, -0.2) is 8.80 Å². The predicted molar refractivity (Wildman–Crippen MR) is 139 cm³/mol. The second kappa shape index (κ2) is 8.59. The highest BCUT2D eigenvalue weighted by molar-refractivity contribution is 7.99. The van der Waals surface area contributed by atoms with Crippen molar-refractivity contribution in [3.63, 3.8) is 0 Å². The molecule has 151 valence electrons. The monoisotopic (exact) mass is 469 g/mol. The van der Waals surface area contributed by atoms with Crippen molar-refractivity contribution in [3.8, 4) is 0 Å². The number of benzene rings is 4. The van der Waals surface area contributed by atoms with Crippen LogP contribution in [0.4, 0.5) is 0 Å². The van der Waals surface area contributed by atoms with Crippen LogP contribution in [0.2, 0.25) is 0 Å². The first-order chi connectivity index (χ1) is 15.3. The van der Waals surface area contributed by atoms with Gasteiger partial charge in [0.15, 0.2) is 8.80 Å². The first-order valence-corrected chi connectivity index (χ1v) is 15.0. The van der Waals surface area contributed by atoms with E-state index in [2.05, 4.69) is 91.0 Å². The van der Waals surface area contributed by atoms with Crippen molar-refractivity contribution in [2.45, 2.75) is 31.9 Å². The van der Waals surface area contributed by atoms with E-state index in [9.17, 15) is 0 Å². The lowest BCUT2D eigenvalue weighted by Gasteiger charge is -2.25. The van der Waals surface area contributed by atoms with Crippen molar-refractivity contribution in [2.24, 2.45) is 0 Å². The second-order valence-electron chi connectivity index (χ2n) is 7.89. The minimum atomic E-state index is -1.13. The summed E-state index contributed by atoms with van der Waals surface area (Å²) >= 11 is 6.02. The van der Waals surface area contributed by atoms with Gasteiger partial charge in [0.05, 0.1) is 0 Å². The number of rotatable bonds is 0. The van der Waals surface area contributed by atoms with E-state index in [1.54, 1.807) is 0 Å². The van der Waals surface area contributed by atoms with Crippen LogP contribution in [0.3, 0.4) is 0 Å². The van der Waals surface area contributed by atoms with Crippen molar-refractivity contribution in [2.75, 3.05) is 0 Å². The Morgan fingerprint density at radius 1 is 0.452 bits per heavy atom. The third kappa shape index (κ3) is 3.91. The summed E-state index contributed by atoms with van der Waals surface area (Å²) in [5.41, 5.74) is 4.35. The second-order valence-corrected chi connectivity index (χ2v) is 13.3. The molecule has 0 N–H and O–H groups in total. The van der Waals surface area contributed by atoms with Gasteiger partial charge < -0.3 is 0 Å². The van der Waals surface area contributed by atoms with Crippen LogP contribution in [0.1, 0.15) is 16.7 Å². The molecule has 3 aliphatic heterocycles. The van der Waals surface area contributed by atoms with E-state index >= 15 is 0 Å². The number of fused-ring (bicyclic) bond motifs is 3. The van der Waals surface area contributed by atoms with E-state index in [1.165, 1.54) is 46.9 Å². The molecule has 0 unspecified atom stereocenters. The molecular weight excluding hydrogens is 449 g/mol. The first-order valence-electron chi connectivity index (χ1n) is 10.5. The average Bonchev–Trinajstić information content (AvgIpc) is 2.81. The topological polar surface area (TPSA) is 0 Å². The quantitative estimate of drug-likeness (QED) is 0.303. The van der Waals surface area contributed by atoms with Crippen molar-refractivity contribution in [1.29, 1.82) is 0 Å². The van der Waals surface area contributed by atoms with Crippen LogP contribution >= 0.6 is 35.3 Å². The lowest BCUT2D eigenvalue weighted by Crippen LogP contribution is -2.54. The van der Waals surface area contributed by atoms with Crippen molar-refractivity contribution < 1.29 is 0 Å². The highest BCUT2D eigenvalue weighted by atomic mass is 32.2. The van der Waals surface area contributed by atoms with Crippen LogP contribution < -0.4 is 15.6 Å². The van der Waals surface area contributed by atoms with Crippen LogP contribution in [0.15, 0.2) is 106 Å². The highest BCUT2D eigenvalue weighted by Crippen LogP contribution is 2.32. The van der Waals surface area contributed by atoms with E-state index in [4.69, 9.17) is 0 Å². The maximum absolute atomic E-state index is 2.42. The Bertz CT molecular complexity index is 1100. The van der Waals surface area contributed by atoms with Gasteiger partial charge in [-0.1, -0.05) is 72.8 Å². The largest absolute Gasteiger partial charge is 0.158 e. The molecule has 0 spiro atoms. The minimum absolute atomic E-state index is 1.03. The van der Waals surface area contributed by atoms with Crippen molar-refractivity contribution in [1.82, 2.24) is 0 Å². The van der Waals surface area contributed by atoms with Crippen LogP contribution in [0, 0.1) is 0 Å². The Labute approximate surface area is 198 Å². The standard InChI is InChI=1S/C27H21S3Si/c1-4-10-25-22(7-1)28-16-19-13-20-15-21(14-19)18-30-24-9-3-6-12-27(24)31(25)26-11-5-2-8-23(26)29-17-20/h1-15H,16-18H2. The molecule has 4 bridgehead atoms. The lowest BCUT2D eigenvalue weighted by atomic mass is 10.1. The molecule has 0 amide bonds. The maximum Gasteiger partial charge on any atom is 0.158 e. The summed E-state index contributed by atoms with van der Waals surface area (Å²) in [6.07, 6.45) is 0. The molecule has 4 aromatic rings. The van der Waals surface area contributed by atoms with Crippen molar-refractivity contribution in [3.05, 3.63) is 108 Å². The molecule has 1 radical (unpaired) electrons. The zero-order valence-electron chi connectivity index (χ0n) is 17.0. The molecule has 0 nitrogen and oxygen atoms in total. The van der Waals surface area contributed by atoms with Crippen LogP contribution in [0.25, 0.3) is 0 Å². The molecule has 31 heavy (non-hydrogen) atoms. The molecular formula is C27H21S3Si. The summed E-state index contributed by atoms with van der Waals surface area (Å²) in [5, 5.41) is 4.57. The molecule has 0 aliphatic carbocycles. The molecule has 3 aliphatic rings. The lowest BCUT2D eigenvalue weighted by molar-refractivity contribution is 1.26. The fourth-order valence-electron chi connectivity index (χ4n) is 4.41. The van der Waals surface area contributed by atoms with Gasteiger partial charge in [0, 0.05) is 31.9 Å². The molecule has 0 atom stereocenters. The zero-order valence-corrected chi connectivity index (χ0v) is 20.5. The fourth-order valence-corrected chi connectivity index (χ4v) is 11.3. The third-order valence-corrected chi connectivity index (χ3v) is 12.7. The van der Waals surface area contributed by atoms with E-state index in [0.717, 1.165) is 17.3 Å². The number of hydrogen-bond acceptors (Lipinski definition) is 3. The maximum atomic E-state index is 2.42. The SMILES string of the molecule is c1ccc2c(c1)SCc1cc3cc(c1)CSc1ccccc1[Si]2c1ccccc1SC3. The molecule has 0 fully saturated rings. The summed E-state index contributed by atoms with van der Waals surface area (Å²) in [7, 11) is -1.13. The van der Waals surface area contributed by atoms with Gasteiger partial charge in [0.1, 0.15) is 0 Å². The van der Waals surface area contributed by atoms with Gasteiger partial charge in [-0.15, -0.1) is 35.3 Å². The Balaban J connectivity index is 1.70. The van der Waals surface area contributed by atoms with Gasteiger partial charge in [0.2, 0.25) is 0 Å². The van der Waals surface area contributed by atoms with Gasteiger partial charge in [-0.05, 0) is 50.4 Å². The van der Waals surface area contributed by atoms with Gasteiger partial charge >= 0.3 is 0 Å². The predicted octanol–water partition coefficient (Wildman–Crippen LogP) is 5.71. The van der Waals surface area contributed by atoms with Crippen molar-refractivity contribution >= 4 is 59.6 Å². The van der Waals surface area contributed by atoms with E-state index in [0.29, 0.717) is 0 Å². The number of hydrogen-bond donors (Lipinski definition) is 0. The summed E-state index contributed by atoms with van der Waals surface area (Å²) in [4.78, 5) is 4.30. The van der Waals surface area contributed by atoms with Gasteiger partial charge in [0.25, 0.3) is 0 Å². The van der Waals surface area contributed by atoms with E-state index in [-0.39, 0.29) is 0 Å². The Morgan fingerprint density at radius 3 is 1.13 bits per heavy atom. The average molecular weight is 470 g/mol. The Kier molecular flexibility index (Phi) is 5.49. The molecule has 0 saturated heterocycles. The summed E-state index contributed by atoms with van der Waals surface area (Å²) in [5.74, 6) is 3.10. The van der Waals surface area contributed by atoms with Gasteiger partial charge in [-0.2, -0.15) is 0 Å². The Hall–Kier alpha value is -1.85. The van der Waals surface area contributed by atoms with Crippen LogP contribution in [0.5, 0.6) is 0 Å². The van der Waals surface area contributed by atoms with Crippen LogP contribution in [-0.2, 0) is 17.3 Å². The minimum Gasteiger partial charge on any atom is -0.121 e. The highest BCUT2D eigenvalue weighted by Gasteiger charge is 2.28. The molecule has 4 heteroatoms. The fraction of sp³-hybridized carbons (Fsp3) is 0.111. The smallest absolute Gasteiger partial charge is 0.121 e. The molecule has 3 heterocycles. The van der Waals surface area contributed by atoms with Gasteiger partial charge in [-0.3, -0.25) is 0 Å². The molecule has 4 aromatic carbocycles. The molecule has 0 aromatic heterocycles. The summed E-state index contributed by atoms with van der Waals surface area (Å²) < 4.78 is 0. The van der Waals surface area contributed by atoms with Gasteiger partial charge in [-0.25, -0.2) is 0 Å². The normalized spacial score (nSPS) is 15.5. The zero-order chi connectivity index (χ0) is 20.6. The van der Waals surface area contributed by atoms with E-state index in [1.807, 2.05) is 35.3 Å². The summed E-state index contributed by atoms with van der Waals surface area (Å²) in [6, 6.07) is 34.7. The molecule has 7 rings (SSSR count). The third-order valence-electron chi connectivity index (χ3n) is 5.76. The first kappa shape index (κ1) is 19.8. The Morgan fingerprint density at radius 2 is 0.774 bits per heavy atom. The number of thioether (sulfide) groups is 3.